The maximum atomic E-state index is 5.82. The Bertz CT molecular complexity index is 526. The summed E-state index contributed by atoms with van der Waals surface area (Å²) in [5, 5.41) is 0.649. The third-order valence-electron chi connectivity index (χ3n) is 1.93. The molecule has 0 radical (unpaired) electrons. The summed E-state index contributed by atoms with van der Waals surface area (Å²) in [4.78, 5) is 3.87. The van der Waals surface area contributed by atoms with Crippen LogP contribution in [0.2, 0.25) is 5.02 Å². The third-order valence-corrected chi connectivity index (χ3v) is 2.16. The van der Waals surface area contributed by atoms with E-state index in [4.69, 9.17) is 11.6 Å². The highest BCUT2D eigenvalue weighted by Gasteiger charge is 1.89. The first-order chi connectivity index (χ1) is 7.84. The van der Waals surface area contributed by atoms with E-state index in [-0.39, 0.29) is 0 Å². The molecule has 0 bridgehead atoms. The van der Waals surface area contributed by atoms with Gasteiger partial charge in [0.1, 0.15) is 5.56 Å². The molecule has 0 amide bonds. The van der Waals surface area contributed by atoms with Gasteiger partial charge in [-0.2, -0.15) is 0 Å². The Kier molecular flexibility index (Phi) is 3.42. The van der Waals surface area contributed by atoms with Crippen LogP contribution in [0.25, 0.3) is 10.4 Å². The van der Waals surface area contributed by atoms with E-state index in [1.807, 2.05) is 42.5 Å². The number of rotatable bonds is 1. The fraction of sp³-hybridized carbons (Fsp3) is 0. The monoisotopic (exact) mass is 228 g/mol. The summed E-state index contributed by atoms with van der Waals surface area (Å²) < 4.78 is 0. The molecule has 0 fully saturated rings. The zero-order chi connectivity index (χ0) is 11.2. The Labute approximate surface area is 99.3 Å². The Morgan fingerprint density at radius 2 is 1.81 bits per heavy atom. The molecule has 78 valence electrons. The first-order valence-corrected chi connectivity index (χ1v) is 5.20. The molecule has 0 saturated carbocycles. The van der Waals surface area contributed by atoms with E-state index in [1.54, 1.807) is 12.1 Å². The number of benzene rings is 2. The minimum atomic E-state index is 0.649. The second kappa shape index (κ2) is 5.20. The van der Waals surface area contributed by atoms with Crippen molar-refractivity contribution in [1.82, 2.24) is 0 Å². The molecule has 2 aromatic carbocycles. The molecule has 0 heterocycles. The first kappa shape index (κ1) is 10.5. The third kappa shape index (κ3) is 3.01. The molecule has 2 nitrogen and oxygen atoms in total. The standard InChI is InChI=1S/C13H9ClN2/c14-12-7-4-8-13(9-12)16-15-10-11-5-2-1-3-6-11/h1-9H. The van der Waals surface area contributed by atoms with Crippen molar-refractivity contribution in [3.63, 3.8) is 0 Å². The number of nitrogens with zero attached hydrogens (tertiary/aromatic N) is 2. The van der Waals surface area contributed by atoms with Crippen LogP contribution >= 0.6 is 11.6 Å². The highest BCUT2D eigenvalue weighted by Crippen LogP contribution is 2.22. The fourth-order valence-electron chi connectivity index (χ4n) is 1.19. The quantitative estimate of drug-likeness (QED) is 0.633. The van der Waals surface area contributed by atoms with E-state index in [2.05, 4.69) is 16.4 Å². The van der Waals surface area contributed by atoms with Gasteiger partial charge in [-0.25, -0.2) is 0 Å². The maximum Gasteiger partial charge on any atom is 0.309 e. The van der Waals surface area contributed by atoms with Crippen molar-refractivity contribution in [3.05, 3.63) is 75.6 Å². The smallest absolute Gasteiger partial charge is 0.278 e. The van der Waals surface area contributed by atoms with Crippen LogP contribution in [0.3, 0.4) is 0 Å². The van der Waals surface area contributed by atoms with Gasteiger partial charge < -0.3 is 0 Å². The van der Waals surface area contributed by atoms with Crippen LogP contribution in [0, 0.1) is 6.07 Å². The van der Waals surface area contributed by atoms with Gasteiger partial charge in [0.15, 0.2) is 0 Å². The van der Waals surface area contributed by atoms with Crippen LogP contribution in [-0.4, -0.2) is 0 Å². The molecular formula is C13H9ClN2. The lowest BCUT2D eigenvalue weighted by atomic mass is 10.2. The van der Waals surface area contributed by atoms with E-state index in [9.17, 15) is 0 Å². The zero-order valence-electron chi connectivity index (χ0n) is 8.47. The van der Waals surface area contributed by atoms with E-state index >= 15 is 0 Å². The van der Waals surface area contributed by atoms with Gasteiger partial charge >= 0.3 is 6.07 Å². The van der Waals surface area contributed by atoms with Crippen LogP contribution in [0.4, 0.5) is 5.69 Å². The average Bonchev–Trinajstić information content (AvgIpc) is 2.30. The molecule has 2 aromatic rings. The van der Waals surface area contributed by atoms with Gasteiger partial charge in [-0.05, 0) is 18.2 Å². The average molecular weight is 229 g/mol. The van der Waals surface area contributed by atoms with Crippen molar-refractivity contribution in [2.24, 2.45) is 0 Å². The van der Waals surface area contributed by atoms with Crippen molar-refractivity contribution in [1.29, 1.82) is 0 Å². The lowest BCUT2D eigenvalue weighted by molar-refractivity contribution is 1.62. The Balaban J connectivity index is 2.06. The summed E-state index contributed by atoms with van der Waals surface area (Å²) in [6.45, 7) is 0. The summed E-state index contributed by atoms with van der Waals surface area (Å²) in [6, 6.07) is 19.7. The second-order valence-electron chi connectivity index (χ2n) is 3.16. The normalized spacial score (nSPS) is 9.06. The molecule has 0 aliphatic carbocycles. The van der Waals surface area contributed by atoms with Gasteiger partial charge in [0.05, 0.1) is 0 Å². The summed E-state index contributed by atoms with van der Waals surface area (Å²) in [7, 11) is 0. The lowest BCUT2D eigenvalue weighted by Gasteiger charge is -2.00. The van der Waals surface area contributed by atoms with Gasteiger partial charge in [-0.15, -0.1) is 0 Å². The molecular weight excluding hydrogens is 220 g/mol. The second-order valence-corrected chi connectivity index (χ2v) is 3.59. The van der Waals surface area contributed by atoms with E-state index in [0.29, 0.717) is 5.02 Å². The van der Waals surface area contributed by atoms with E-state index in [1.165, 1.54) is 0 Å². The van der Waals surface area contributed by atoms with Crippen molar-refractivity contribution < 1.29 is 0 Å². The minimum absolute atomic E-state index is 0.649. The largest absolute Gasteiger partial charge is 0.309 e. The van der Waals surface area contributed by atoms with E-state index < -0.39 is 0 Å². The summed E-state index contributed by atoms with van der Waals surface area (Å²) in [6.07, 6.45) is 0. The minimum Gasteiger partial charge on any atom is -0.278 e. The molecule has 0 unspecified atom stereocenters. The van der Waals surface area contributed by atoms with Crippen molar-refractivity contribution in [2.45, 2.75) is 0 Å². The highest BCUT2D eigenvalue weighted by atomic mass is 35.5. The lowest BCUT2D eigenvalue weighted by Crippen LogP contribution is -1.69. The van der Waals surface area contributed by atoms with Gasteiger partial charge in [0.25, 0.3) is 0 Å². The van der Waals surface area contributed by atoms with Gasteiger partial charge in [0.2, 0.25) is 0 Å². The topological polar surface area (TPSA) is 18.5 Å². The van der Waals surface area contributed by atoms with Crippen molar-refractivity contribution in [2.75, 3.05) is 0 Å². The highest BCUT2D eigenvalue weighted by molar-refractivity contribution is 6.30. The fourth-order valence-corrected chi connectivity index (χ4v) is 1.38. The summed E-state index contributed by atoms with van der Waals surface area (Å²) in [5.74, 6) is 0. The number of hydrogen-bond acceptors (Lipinski definition) is 0. The van der Waals surface area contributed by atoms with Gasteiger partial charge in [-0.3, -0.25) is 5.43 Å². The van der Waals surface area contributed by atoms with Crippen molar-refractivity contribution in [3.8, 4) is 6.07 Å². The molecule has 0 saturated heterocycles. The molecule has 0 atom stereocenters. The van der Waals surface area contributed by atoms with Crippen LogP contribution in [0.15, 0.2) is 54.6 Å². The Morgan fingerprint density at radius 1 is 1.00 bits per heavy atom. The molecule has 0 aliphatic heterocycles. The predicted molar refractivity (Wildman–Crippen MR) is 67.3 cm³/mol. The molecule has 3 heteroatoms. The summed E-state index contributed by atoms with van der Waals surface area (Å²) in [5.41, 5.74) is 5.61. The molecule has 0 aromatic heterocycles. The number of halogens is 1. The van der Waals surface area contributed by atoms with Gasteiger partial charge in [-0.1, -0.05) is 58.6 Å². The van der Waals surface area contributed by atoms with Gasteiger partial charge in [0, 0.05) is 5.02 Å². The molecule has 16 heavy (non-hydrogen) atoms. The molecule has 0 aliphatic rings. The zero-order valence-corrected chi connectivity index (χ0v) is 9.22. The summed E-state index contributed by atoms with van der Waals surface area (Å²) >= 11 is 5.82. The van der Waals surface area contributed by atoms with Crippen LogP contribution in [0.1, 0.15) is 5.56 Å². The van der Waals surface area contributed by atoms with E-state index in [0.717, 1.165) is 11.3 Å². The van der Waals surface area contributed by atoms with Crippen molar-refractivity contribution >= 4 is 17.3 Å². The Morgan fingerprint density at radius 3 is 2.56 bits per heavy atom. The maximum absolute atomic E-state index is 5.82. The number of hydrogen-bond donors (Lipinski definition) is 0. The Hall–Kier alpha value is -1.98. The molecule has 2 rings (SSSR count). The predicted octanol–water partition coefficient (Wildman–Crippen LogP) is 4.64. The van der Waals surface area contributed by atoms with Crippen LogP contribution in [-0.2, 0) is 0 Å². The molecule has 0 spiro atoms. The SMILES string of the molecule is Clc1cccc([N-][N+]#Cc2ccccc2)c1. The van der Waals surface area contributed by atoms with Crippen LogP contribution < -0.4 is 0 Å². The molecule has 0 N–H and O–H groups in total. The van der Waals surface area contributed by atoms with Crippen LogP contribution in [0.5, 0.6) is 0 Å². The first-order valence-electron chi connectivity index (χ1n) is 4.82.